The molecule has 110 heavy (non-hydrogen) atoms. The van der Waals surface area contributed by atoms with E-state index in [1.807, 2.05) is 42.9 Å². The molecular weight excluding hydrogens is 1510 g/mol. The van der Waals surface area contributed by atoms with E-state index in [1.54, 1.807) is 39.5 Å². The molecule has 8 bridgehead atoms. The van der Waals surface area contributed by atoms with Crippen LogP contribution in [-0.2, 0) is 127 Å². The summed E-state index contributed by atoms with van der Waals surface area (Å²) < 4.78 is 112. The van der Waals surface area contributed by atoms with Crippen LogP contribution in [0.5, 0.6) is 0 Å². The number of fused-ring (bicyclic) bond motifs is 8. The molecule has 0 aliphatic carbocycles. The van der Waals surface area contributed by atoms with Gasteiger partial charge in [-0.1, -0.05) is 0 Å². The van der Waals surface area contributed by atoms with Gasteiger partial charge in [-0.25, -0.2) is 14.6 Å². The number of rotatable bonds is 25. The molecule has 0 radical (unpaired) electrons. The minimum atomic E-state index is -3.44. The van der Waals surface area contributed by atoms with Crippen molar-refractivity contribution in [2.45, 2.75) is 147 Å². The molecule has 12 heterocycles. The van der Waals surface area contributed by atoms with Crippen LogP contribution in [0.3, 0.4) is 0 Å². The third-order valence-corrected chi connectivity index (χ3v) is 24.8. The van der Waals surface area contributed by atoms with Crippen molar-refractivity contribution < 1.29 is 137 Å². The first-order valence-corrected chi connectivity index (χ1v) is 44.5. The molecule has 40 heteroatoms. The summed E-state index contributed by atoms with van der Waals surface area (Å²) in [6.07, 6.45) is 1.47. The second kappa shape index (κ2) is 41.5. The number of carbonyl (C=O) groups excluding carboxylic acids is 9. The quantitative estimate of drug-likeness (QED) is 0.0158. The zero-order valence-corrected chi connectivity index (χ0v) is 68.1. The Morgan fingerprint density at radius 2 is 0.691 bits per heavy atom. The fourth-order valence-electron chi connectivity index (χ4n) is 16.0. The van der Waals surface area contributed by atoms with Gasteiger partial charge in [0.2, 0.25) is 52.0 Å². The molecule has 12 fully saturated rings. The summed E-state index contributed by atoms with van der Waals surface area (Å²) in [4.78, 5) is 149. The average Bonchev–Trinajstić information content (AvgIpc) is 1.61. The molecule has 19 atom stereocenters. The van der Waals surface area contributed by atoms with Crippen molar-refractivity contribution in [3.63, 3.8) is 0 Å². The maximum atomic E-state index is 13.2. The van der Waals surface area contributed by atoms with Crippen LogP contribution in [0.2, 0.25) is 0 Å². The Bertz CT molecular complexity index is 3290. The zero-order chi connectivity index (χ0) is 80.5. The number of hydrogen-bond donors (Lipinski definition) is 1. The Morgan fingerprint density at radius 1 is 0.400 bits per heavy atom. The van der Waals surface area contributed by atoms with Gasteiger partial charge in [0.1, 0.15) is 0 Å². The van der Waals surface area contributed by atoms with Crippen LogP contribution in [0.15, 0.2) is 0 Å². The van der Waals surface area contributed by atoms with Crippen LogP contribution in [-0.4, -0.2) is 351 Å². The first-order valence-electron chi connectivity index (χ1n) is 38.0. The van der Waals surface area contributed by atoms with Crippen molar-refractivity contribution in [3.8, 4) is 0 Å². The summed E-state index contributed by atoms with van der Waals surface area (Å²) in [5.74, 6) is -7.16. The average molecular weight is 1630 g/mol. The van der Waals surface area contributed by atoms with Crippen molar-refractivity contribution in [2.24, 2.45) is 47.3 Å². The number of esters is 4. The van der Waals surface area contributed by atoms with Crippen LogP contribution < -0.4 is 0 Å². The Kier molecular flexibility index (Phi) is 34.1. The predicted octanol–water partition coefficient (Wildman–Crippen LogP) is 2.76. The van der Waals surface area contributed by atoms with Crippen LogP contribution in [0.4, 0.5) is 4.79 Å². The van der Waals surface area contributed by atoms with Gasteiger partial charge in [-0.05, 0) is 114 Å². The van der Waals surface area contributed by atoms with Gasteiger partial charge in [0, 0.05) is 125 Å². The van der Waals surface area contributed by atoms with E-state index in [4.69, 9.17) is 75.4 Å². The Balaban J connectivity index is 0.000000183. The van der Waals surface area contributed by atoms with Gasteiger partial charge < -0.3 is 96.0 Å². The zero-order valence-electron chi connectivity index (χ0n) is 65.4. The van der Waals surface area contributed by atoms with Gasteiger partial charge in [-0.3, -0.25) is 61.1 Å². The van der Waals surface area contributed by atoms with Crippen molar-refractivity contribution in [3.05, 3.63) is 6.65 Å². The van der Waals surface area contributed by atoms with Crippen molar-refractivity contribution >= 4 is 76.0 Å². The molecule has 37 nitrogen and oxygen atoms in total. The summed E-state index contributed by atoms with van der Waals surface area (Å²) >= 11 is 0. The van der Waals surface area contributed by atoms with Gasteiger partial charge in [0.15, 0.2) is 19.5 Å². The summed E-state index contributed by atoms with van der Waals surface area (Å²) in [5.41, 5.74) is 0. The van der Waals surface area contributed by atoms with Gasteiger partial charge in [-0.2, -0.15) is 0 Å². The van der Waals surface area contributed by atoms with Crippen molar-refractivity contribution in [2.75, 3.05) is 193 Å². The monoisotopic (exact) mass is 1620 g/mol. The van der Waals surface area contributed by atoms with Crippen LogP contribution >= 0.6 is 22.3 Å². The topological polar surface area (TPSA) is 409 Å². The predicted molar refractivity (Wildman–Crippen MR) is 385 cm³/mol. The molecule has 12 saturated heterocycles. The van der Waals surface area contributed by atoms with E-state index in [1.165, 1.54) is 13.3 Å². The van der Waals surface area contributed by atoms with Crippen LogP contribution in [0.1, 0.15) is 86.0 Å². The number of carbonyl (C=O) groups is 9. The van der Waals surface area contributed by atoms with Gasteiger partial charge in [-0.15, -0.1) is 0 Å². The summed E-state index contributed by atoms with van der Waals surface area (Å²) in [5, 5.41) is 0. The Morgan fingerprint density at radius 3 is 0.982 bits per heavy atom. The van der Waals surface area contributed by atoms with Crippen LogP contribution in [0.25, 0.3) is 0 Å². The molecule has 19 unspecified atom stereocenters. The van der Waals surface area contributed by atoms with Crippen LogP contribution in [0, 0.1) is 54.0 Å². The molecule has 12 aliphatic heterocycles. The molecule has 624 valence electrons. The summed E-state index contributed by atoms with van der Waals surface area (Å²) in [6.45, 7) is 27.6. The third kappa shape index (κ3) is 24.7. The molecule has 1 N–H and O–H groups in total. The molecule has 0 saturated carbocycles. The molecule has 0 spiro atoms. The first-order chi connectivity index (χ1) is 52.1. The third-order valence-electron chi connectivity index (χ3n) is 21.7. The number of likely N-dealkylation sites (N-methyl/N-ethyl adjacent to an activating group) is 4. The van der Waals surface area contributed by atoms with Crippen molar-refractivity contribution in [1.29, 1.82) is 0 Å². The number of amides is 4. The van der Waals surface area contributed by atoms with E-state index < -0.39 is 120 Å². The SMILES string of the molecule is CC(C)OC(=O)OCOC(=O)C1C2CCC(O2)C1C(=O)N1CCN(C)CC1.CC(C)OOCOP(C)(=O)COC(=O)C1C2CCC(O2)C1C(=O)N1CCN(C)CC1.CCOP(C)(=O)OCOC(=O)C1C2CCC(O2)C1C(=O)N1CCN(C)CC1.CN1CCN(C(=O)C2C3CCC(O3)C2C(=O)OCP(C)(=O)O)CC1.[C-]#[O+]. The standard InChI is InChI=1S/C19H33N2O8P.C18H28N2O7.C17H29N2O7P.C15H25N2O6P.CO/c1-13(2)29-26-11-27-30(4,24)12-25-19(23)17-15-6-5-14(28-15)16(17)18(22)21-9-7-20(3)8-10-21;1-11(2)26-18(23)25-10-24-17(22)15-13-5-4-12(27-13)14(15)16(21)20-8-6-19(3)7-9-20;1-4-24-27(3,22)25-11-23-17(21)15-13-6-5-12(26-13)14(15)16(20)19-9-7-18(2)8-10-19;1-16-5-7-17(8-6-16)14(18)12-10-3-4-11(23-10)13(12)15(19)22-9-24(2,20)21;1-2/h13-17H,5-12H2,1-4H3;11-15H,4-10H2,1-3H3;12-15H,4-11H2,1-3H3;10-13H,3-9H2,1-2H3,(H,20,21);. The fourth-order valence-corrected chi connectivity index (χ4v) is 17.9. The number of ether oxygens (including phenoxy) is 10. The molecule has 0 aromatic heterocycles. The van der Waals surface area contributed by atoms with Gasteiger partial charge >= 0.3 is 48.9 Å². The Labute approximate surface area is 643 Å². The summed E-state index contributed by atoms with van der Waals surface area (Å²) in [6, 6.07) is 0. The minimum absolute atomic E-state index is 0.0337. The number of hydrogen-bond acceptors (Lipinski definition) is 31. The first kappa shape index (κ1) is 90.4. The van der Waals surface area contributed by atoms with E-state index in [-0.39, 0.29) is 104 Å². The molecular formula is C70H115N8O29P3. The van der Waals surface area contributed by atoms with E-state index in [2.05, 4.69) is 26.3 Å². The molecule has 0 aromatic rings. The Hall–Kier alpha value is -5.10. The molecule has 0 aromatic carbocycles. The van der Waals surface area contributed by atoms with E-state index in [9.17, 15) is 61.7 Å². The molecule has 12 rings (SSSR count). The molecule has 4 amide bonds. The maximum absolute atomic E-state index is 13.2. The number of nitrogens with zero attached hydrogens (tertiary/aromatic N) is 8. The van der Waals surface area contributed by atoms with E-state index in [0.717, 1.165) is 110 Å². The van der Waals surface area contributed by atoms with Crippen molar-refractivity contribution in [1.82, 2.24) is 39.2 Å². The van der Waals surface area contributed by atoms with E-state index >= 15 is 0 Å². The molecule has 12 aliphatic rings. The number of piperazine rings is 4. The summed E-state index contributed by atoms with van der Waals surface area (Å²) in [7, 11) is -1.83. The second-order valence-corrected chi connectivity index (χ2v) is 37.6. The second-order valence-electron chi connectivity index (χ2n) is 30.7. The fraction of sp³-hybridized carbons (Fsp3) is 0.857. The van der Waals surface area contributed by atoms with Gasteiger partial charge in [0.05, 0.1) is 115 Å². The van der Waals surface area contributed by atoms with E-state index in [0.29, 0.717) is 52.4 Å². The normalized spacial score (nSPS) is 31.9. The van der Waals surface area contributed by atoms with Gasteiger partial charge in [0.25, 0.3) is 0 Å².